The Labute approximate surface area is 91.2 Å². The van der Waals surface area contributed by atoms with Crippen LogP contribution >= 0.6 is 0 Å². The van der Waals surface area contributed by atoms with E-state index in [2.05, 4.69) is 6.92 Å². The van der Waals surface area contributed by atoms with Crippen LogP contribution in [-0.4, -0.2) is 13.7 Å². The van der Waals surface area contributed by atoms with E-state index in [9.17, 15) is 0 Å². The van der Waals surface area contributed by atoms with Gasteiger partial charge in [0.1, 0.15) is 0 Å². The van der Waals surface area contributed by atoms with E-state index in [1.807, 2.05) is 25.1 Å². The van der Waals surface area contributed by atoms with Crippen LogP contribution in [0.2, 0.25) is 0 Å². The van der Waals surface area contributed by atoms with E-state index in [-0.39, 0.29) is 6.04 Å². The summed E-state index contributed by atoms with van der Waals surface area (Å²) in [6.07, 6.45) is 0.969. The first kappa shape index (κ1) is 11.9. The minimum atomic E-state index is -0.0491. The van der Waals surface area contributed by atoms with Crippen LogP contribution in [-0.2, 0) is 0 Å². The highest BCUT2D eigenvalue weighted by atomic mass is 16.5. The Kier molecular flexibility index (Phi) is 4.43. The zero-order valence-corrected chi connectivity index (χ0v) is 9.62. The van der Waals surface area contributed by atoms with Crippen LogP contribution in [0.25, 0.3) is 0 Å². The van der Waals surface area contributed by atoms with Crippen LogP contribution in [0, 0.1) is 0 Å². The third-order valence-electron chi connectivity index (χ3n) is 2.17. The molecule has 3 heteroatoms. The molecule has 0 spiro atoms. The van der Waals surface area contributed by atoms with Crippen LogP contribution in [0.15, 0.2) is 18.2 Å². The number of methoxy groups -OCH3 is 1. The van der Waals surface area contributed by atoms with Crippen LogP contribution in [0.4, 0.5) is 0 Å². The molecule has 1 atom stereocenters. The standard InChI is InChI=1S/C12H19NO2/c1-4-8-15-12-10(9(2)13)6-5-7-11(12)14-3/h5-7,9H,4,8,13H2,1-3H3. The Bertz CT molecular complexity index is 310. The number of para-hydroxylation sites is 1. The molecular formula is C12H19NO2. The van der Waals surface area contributed by atoms with E-state index < -0.39 is 0 Å². The summed E-state index contributed by atoms with van der Waals surface area (Å²) < 4.78 is 10.9. The summed E-state index contributed by atoms with van der Waals surface area (Å²) in [5, 5.41) is 0. The van der Waals surface area contributed by atoms with Crippen molar-refractivity contribution in [2.24, 2.45) is 5.73 Å². The van der Waals surface area contributed by atoms with E-state index >= 15 is 0 Å². The summed E-state index contributed by atoms with van der Waals surface area (Å²) in [6, 6.07) is 5.73. The molecule has 1 aromatic rings. The zero-order chi connectivity index (χ0) is 11.3. The van der Waals surface area contributed by atoms with E-state index in [0.29, 0.717) is 6.61 Å². The number of benzene rings is 1. The van der Waals surface area contributed by atoms with Crippen molar-refractivity contribution in [1.82, 2.24) is 0 Å². The second-order valence-electron chi connectivity index (χ2n) is 3.52. The average Bonchev–Trinajstić information content (AvgIpc) is 2.25. The number of hydrogen-bond donors (Lipinski definition) is 1. The predicted molar refractivity (Wildman–Crippen MR) is 61.4 cm³/mol. The van der Waals surface area contributed by atoms with Gasteiger partial charge in [0.05, 0.1) is 13.7 Å². The van der Waals surface area contributed by atoms with Crippen molar-refractivity contribution in [1.29, 1.82) is 0 Å². The average molecular weight is 209 g/mol. The molecule has 0 bridgehead atoms. The molecule has 0 aliphatic heterocycles. The summed E-state index contributed by atoms with van der Waals surface area (Å²) in [7, 11) is 1.64. The molecule has 15 heavy (non-hydrogen) atoms. The lowest BCUT2D eigenvalue weighted by Gasteiger charge is -2.16. The number of rotatable bonds is 5. The Hall–Kier alpha value is -1.22. The van der Waals surface area contributed by atoms with Crippen molar-refractivity contribution in [3.63, 3.8) is 0 Å². The maximum Gasteiger partial charge on any atom is 0.165 e. The van der Waals surface area contributed by atoms with Gasteiger partial charge < -0.3 is 15.2 Å². The summed E-state index contributed by atoms with van der Waals surface area (Å²) in [5.41, 5.74) is 6.86. The van der Waals surface area contributed by atoms with Gasteiger partial charge in [-0.25, -0.2) is 0 Å². The highest BCUT2D eigenvalue weighted by Crippen LogP contribution is 2.33. The van der Waals surface area contributed by atoms with Crippen LogP contribution in [0.5, 0.6) is 11.5 Å². The van der Waals surface area contributed by atoms with Crippen LogP contribution in [0.1, 0.15) is 31.9 Å². The lowest BCUT2D eigenvalue weighted by Crippen LogP contribution is -2.09. The van der Waals surface area contributed by atoms with Gasteiger partial charge in [-0.3, -0.25) is 0 Å². The fourth-order valence-electron chi connectivity index (χ4n) is 1.41. The molecular weight excluding hydrogens is 190 g/mol. The quantitative estimate of drug-likeness (QED) is 0.810. The summed E-state index contributed by atoms with van der Waals surface area (Å²) >= 11 is 0. The van der Waals surface area contributed by atoms with Crippen molar-refractivity contribution < 1.29 is 9.47 Å². The normalized spacial score (nSPS) is 12.3. The fourth-order valence-corrected chi connectivity index (χ4v) is 1.41. The van der Waals surface area contributed by atoms with E-state index in [1.165, 1.54) is 0 Å². The minimum Gasteiger partial charge on any atom is -0.493 e. The van der Waals surface area contributed by atoms with E-state index in [1.54, 1.807) is 7.11 Å². The van der Waals surface area contributed by atoms with Crippen molar-refractivity contribution in [3.05, 3.63) is 23.8 Å². The van der Waals surface area contributed by atoms with Gasteiger partial charge >= 0.3 is 0 Å². The molecule has 0 radical (unpaired) electrons. The van der Waals surface area contributed by atoms with Gasteiger partial charge in [0.25, 0.3) is 0 Å². The fraction of sp³-hybridized carbons (Fsp3) is 0.500. The highest BCUT2D eigenvalue weighted by Gasteiger charge is 2.12. The summed E-state index contributed by atoms with van der Waals surface area (Å²) in [4.78, 5) is 0. The third kappa shape index (κ3) is 2.86. The SMILES string of the molecule is CCCOc1c(OC)cccc1C(C)N. The first-order chi connectivity index (χ1) is 7.20. The van der Waals surface area contributed by atoms with Gasteiger partial charge in [0.2, 0.25) is 0 Å². The predicted octanol–water partition coefficient (Wildman–Crippen LogP) is 2.50. The van der Waals surface area contributed by atoms with Gasteiger partial charge in [-0.1, -0.05) is 19.1 Å². The molecule has 1 rings (SSSR count). The first-order valence-corrected chi connectivity index (χ1v) is 5.26. The van der Waals surface area contributed by atoms with Gasteiger partial charge in [-0.15, -0.1) is 0 Å². The van der Waals surface area contributed by atoms with Gasteiger partial charge in [-0.2, -0.15) is 0 Å². The molecule has 84 valence electrons. The Balaban J connectivity index is 3.03. The first-order valence-electron chi connectivity index (χ1n) is 5.26. The molecule has 1 aromatic carbocycles. The van der Waals surface area contributed by atoms with Crippen molar-refractivity contribution in [3.8, 4) is 11.5 Å². The Morgan fingerprint density at radius 2 is 2.13 bits per heavy atom. The van der Waals surface area contributed by atoms with Crippen molar-refractivity contribution in [2.45, 2.75) is 26.3 Å². The monoisotopic (exact) mass is 209 g/mol. The highest BCUT2D eigenvalue weighted by molar-refractivity contribution is 5.47. The molecule has 2 N–H and O–H groups in total. The van der Waals surface area contributed by atoms with Crippen molar-refractivity contribution >= 4 is 0 Å². The van der Waals surface area contributed by atoms with Gasteiger partial charge in [0.15, 0.2) is 11.5 Å². The largest absolute Gasteiger partial charge is 0.493 e. The molecule has 0 saturated carbocycles. The lowest BCUT2D eigenvalue weighted by molar-refractivity contribution is 0.290. The summed E-state index contributed by atoms with van der Waals surface area (Å²) in [5.74, 6) is 1.52. The molecule has 0 aliphatic rings. The maximum atomic E-state index is 5.87. The van der Waals surface area contributed by atoms with Crippen LogP contribution in [0.3, 0.4) is 0 Å². The number of hydrogen-bond acceptors (Lipinski definition) is 3. The molecule has 0 aliphatic carbocycles. The second kappa shape index (κ2) is 5.61. The summed E-state index contributed by atoms with van der Waals surface area (Å²) in [6.45, 7) is 4.69. The molecule has 0 amide bonds. The maximum absolute atomic E-state index is 5.87. The van der Waals surface area contributed by atoms with Gasteiger partial charge in [0, 0.05) is 11.6 Å². The molecule has 0 saturated heterocycles. The molecule has 0 aromatic heterocycles. The minimum absolute atomic E-state index is 0.0491. The topological polar surface area (TPSA) is 44.5 Å². The molecule has 0 heterocycles. The molecule has 0 fully saturated rings. The second-order valence-corrected chi connectivity index (χ2v) is 3.52. The van der Waals surface area contributed by atoms with E-state index in [0.717, 1.165) is 23.5 Å². The molecule has 1 unspecified atom stereocenters. The number of ether oxygens (including phenoxy) is 2. The van der Waals surface area contributed by atoms with Crippen LogP contribution < -0.4 is 15.2 Å². The lowest BCUT2D eigenvalue weighted by atomic mass is 10.1. The molecule has 3 nitrogen and oxygen atoms in total. The third-order valence-corrected chi connectivity index (χ3v) is 2.17. The van der Waals surface area contributed by atoms with E-state index in [4.69, 9.17) is 15.2 Å². The Morgan fingerprint density at radius 3 is 2.67 bits per heavy atom. The smallest absolute Gasteiger partial charge is 0.165 e. The van der Waals surface area contributed by atoms with Crippen molar-refractivity contribution in [2.75, 3.05) is 13.7 Å². The zero-order valence-electron chi connectivity index (χ0n) is 9.62. The van der Waals surface area contributed by atoms with Gasteiger partial charge in [-0.05, 0) is 19.4 Å². The Morgan fingerprint density at radius 1 is 1.40 bits per heavy atom. The number of nitrogens with two attached hydrogens (primary N) is 1.